The maximum Gasteiger partial charge on any atom is 0.123 e. The zero-order valence-corrected chi connectivity index (χ0v) is 11.6. The van der Waals surface area contributed by atoms with E-state index in [2.05, 4.69) is 32.9 Å². The van der Waals surface area contributed by atoms with Crippen LogP contribution in [0.2, 0.25) is 0 Å². The van der Waals surface area contributed by atoms with E-state index in [-0.39, 0.29) is 17.2 Å². The first kappa shape index (κ1) is 13.8. The molecule has 0 nitrogen and oxygen atoms in total. The van der Waals surface area contributed by atoms with Crippen molar-refractivity contribution < 1.29 is 4.39 Å². The molecule has 0 aliphatic heterocycles. The number of halogens is 1. The molecule has 0 aliphatic carbocycles. The van der Waals surface area contributed by atoms with Gasteiger partial charge in [0.1, 0.15) is 5.82 Å². The van der Waals surface area contributed by atoms with E-state index in [4.69, 9.17) is 0 Å². The van der Waals surface area contributed by atoms with Crippen LogP contribution in [0, 0.1) is 18.2 Å². The highest BCUT2D eigenvalue weighted by Crippen LogP contribution is 2.37. The van der Waals surface area contributed by atoms with Gasteiger partial charge in [-0.25, -0.2) is 4.39 Å². The monoisotopic (exact) mass is 255 g/mol. The highest BCUT2D eigenvalue weighted by Gasteiger charge is 2.26. The van der Waals surface area contributed by atoms with E-state index >= 15 is 0 Å². The van der Waals surface area contributed by atoms with Crippen molar-refractivity contribution in [1.29, 1.82) is 0 Å². The van der Waals surface area contributed by atoms with Gasteiger partial charge < -0.3 is 0 Å². The maximum absolute atomic E-state index is 13.1. The van der Waals surface area contributed by atoms with Crippen molar-refractivity contribution >= 4 is 0 Å². The molecule has 0 heterocycles. The summed E-state index contributed by atoms with van der Waals surface area (Å²) >= 11 is 0. The molecule has 1 radical (unpaired) electrons. The molecule has 0 N–H and O–H groups in total. The molecule has 0 bridgehead atoms. The van der Waals surface area contributed by atoms with Crippen LogP contribution in [-0.4, -0.2) is 0 Å². The zero-order valence-electron chi connectivity index (χ0n) is 11.6. The summed E-state index contributed by atoms with van der Waals surface area (Å²) in [5.41, 5.74) is 2.33. The molecule has 2 rings (SSSR count). The first-order chi connectivity index (χ1) is 8.97. The van der Waals surface area contributed by atoms with E-state index in [0.29, 0.717) is 0 Å². The molecule has 0 saturated carbocycles. The quantitative estimate of drug-likeness (QED) is 0.720. The minimum atomic E-state index is -0.191. The van der Waals surface area contributed by atoms with Gasteiger partial charge in [-0.05, 0) is 47.9 Å². The third-order valence-corrected chi connectivity index (χ3v) is 3.50. The van der Waals surface area contributed by atoms with Crippen LogP contribution < -0.4 is 0 Å². The summed E-state index contributed by atoms with van der Waals surface area (Å²) in [6.45, 7) is 8.53. The predicted molar refractivity (Wildman–Crippen MR) is 78.4 cm³/mol. The van der Waals surface area contributed by atoms with Gasteiger partial charge in [-0.1, -0.05) is 56.3 Å². The Balaban J connectivity index is 2.29. The fourth-order valence-electron chi connectivity index (χ4n) is 2.39. The molecular formula is C18H20F. The van der Waals surface area contributed by atoms with E-state index in [0.717, 1.165) is 12.0 Å². The number of benzene rings is 2. The van der Waals surface area contributed by atoms with Gasteiger partial charge in [-0.2, -0.15) is 0 Å². The minimum Gasteiger partial charge on any atom is -0.207 e. The lowest BCUT2D eigenvalue weighted by molar-refractivity contribution is 0.364. The smallest absolute Gasteiger partial charge is 0.123 e. The predicted octanol–water partition coefficient (Wildman–Crippen LogP) is 5.01. The van der Waals surface area contributed by atoms with Crippen molar-refractivity contribution in [3.8, 4) is 0 Å². The molecule has 1 atom stereocenters. The fourth-order valence-corrected chi connectivity index (χ4v) is 2.39. The molecule has 0 spiro atoms. The summed E-state index contributed by atoms with van der Waals surface area (Å²) in [6, 6.07) is 17.2. The number of hydrogen-bond donors (Lipinski definition) is 0. The lowest BCUT2D eigenvalue weighted by Gasteiger charge is -2.31. The Hall–Kier alpha value is -1.63. The van der Waals surface area contributed by atoms with Gasteiger partial charge in [0.15, 0.2) is 0 Å². The second-order valence-corrected chi connectivity index (χ2v) is 5.78. The van der Waals surface area contributed by atoms with Crippen LogP contribution in [0.5, 0.6) is 0 Å². The van der Waals surface area contributed by atoms with E-state index < -0.39 is 0 Å². The molecule has 2 aromatic rings. The normalized spacial score (nSPS) is 13.3. The van der Waals surface area contributed by atoms with Gasteiger partial charge in [-0.3, -0.25) is 0 Å². The Labute approximate surface area is 115 Å². The first-order valence-corrected chi connectivity index (χ1v) is 6.61. The van der Waals surface area contributed by atoms with E-state index in [1.54, 1.807) is 0 Å². The topological polar surface area (TPSA) is 0 Å². The largest absolute Gasteiger partial charge is 0.207 e. The molecular weight excluding hydrogens is 235 g/mol. The number of rotatable bonds is 4. The van der Waals surface area contributed by atoms with Crippen molar-refractivity contribution in [3.63, 3.8) is 0 Å². The standard InChI is InChI=1S/C18H20F/c1-18(2,3)17(13-14-7-5-4-6-8-14)15-9-11-16(19)12-10-15/h4-12,17H,1,13H2,2-3H3. The summed E-state index contributed by atoms with van der Waals surface area (Å²) in [5.74, 6) is 0.0829. The van der Waals surface area contributed by atoms with E-state index in [1.165, 1.54) is 17.7 Å². The molecule has 1 unspecified atom stereocenters. The van der Waals surface area contributed by atoms with Gasteiger partial charge >= 0.3 is 0 Å². The van der Waals surface area contributed by atoms with Crippen molar-refractivity contribution in [2.24, 2.45) is 5.41 Å². The Morgan fingerprint density at radius 1 is 1.00 bits per heavy atom. The van der Waals surface area contributed by atoms with Crippen molar-refractivity contribution in [3.05, 3.63) is 78.5 Å². The third-order valence-electron chi connectivity index (χ3n) is 3.50. The van der Waals surface area contributed by atoms with Crippen LogP contribution in [0.3, 0.4) is 0 Å². The van der Waals surface area contributed by atoms with Crippen molar-refractivity contribution in [1.82, 2.24) is 0 Å². The first-order valence-electron chi connectivity index (χ1n) is 6.61. The SMILES string of the molecule is [CH2]C(C)(C)C(Cc1ccccc1)c1ccc(F)cc1. The Kier molecular flexibility index (Phi) is 4.04. The number of hydrogen-bond acceptors (Lipinski definition) is 0. The highest BCUT2D eigenvalue weighted by atomic mass is 19.1. The van der Waals surface area contributed by atoms with Crippen LogP contribution in [-0.2, 0) is 6.42 Å². The van der Waals surface area contributed by atoms with Crippen molar-refractivity contribution in [2.45, 2.75) is 26.2 Å². The van der Waals surface area contributed by atoms with Crippen LogP contribution in [0.15, 0.2) is 54.6 Å². The Bertz CT molecular complexity index is 506. The average molecular weight is 255 g/mol. The minimum absolute atomic E-state index is 0.104. The highest BCUT2D eigenvalue weighted by molar-refractivity contribution is 5.27. The maximum atomic E-state index is 13.1. The molecule has 2 aromatic carbocycles. The van der Waals surface area contributed by atoms with E-state index in [9.17, 15) is 4.39 Å². The van der Waals surface area contributed by atoms with Crippen LogP contribution in [0.25, 0.3) is 0 Å². The molecule has 99 valence electrons. The molecule has 0 saturated heterocycles. The lowest BCUT2D eigenvalue weighted by Crippen LogP contribution is -2.21. The zero-order chi connectivity index (χ0) is 13.9. The van der Waals surface area contributed by atoms with Crippen LogP contribution >= 0.6 is 0 Å². The van der Waals surface area contributed by atoms with Crippen molar-refractivity contribution in [2.75, 3.05) is 0 Å². The van der Waals surface area contributed by atoms with Crippen LogP contribution in [0.4, 0.5) is 4.39 Å². The summed E-state index contributed by atoms with van der Waals surface area (Å²) < 4.78 is 13.1. The summed E-state index contributed by atoms with van der Waals surface area (Å²) in [7, 11) is 0. The Morgan fingerprint density at radius 2 is 1.58 bits per heavy atom. The average Bonchev–Trinajstić information content (AvgIpc) is 2.37. The lowest BCUT2D eigenvalue weighted by atomic mass is 9.73. The van der Waals surface area contributed by atoms with Gasteiger partial charge in [0, 0.05) is 0 Å². The van der Waals surface area contributed by atoms with Gasteiger partial charge in [0.25, 0.3) is 0 Å². The molecule has 0 aliphatic rings. The summed E-state index contributed by atoms with van der Waals surface area (Å²) in [5, 5.41) is 0. The second-order valence-electron chi connectivity index (χ2n) is 5.78. The summed E-state index contributed by atoms with van der Waals surface area (Å²) in [6.07, 6.45) is 0.920. The Morgan fingerprint density at radius 3 is 2.11 bits per heavy atom. The third kappa shape index (κ3) is 3.66. The molecule has 1 heteroatoms. The van der Waals surface area contributed by atoms with Gasteiger partial charge in [0.05, 0.1) is 0 Å². The van der Waals surface area contributed by atoms with Gasteiger partial charge in [-0.15, -0.1) is 0 Å². The molecule has 0 fully saturated rings. The summed E-state index contributed by atoms with van der Waals surface area (Å²) in [4.78, 5) is 0. The molecule has 19 heavy (non-hydrogen) atoms. The molecule has 0 aromatic heterocycles. The molecule has 0 amide bonds. The van der Waals surface area contributed by atoms with Gasteiger partial charge in [0.2, 0.25) is 0 Å². The second kappa shape index (κ2) is 5.56. The van der Waals surface area contributed by atoms with E-state index in [1.807, 2.05) is 30.3 Å². The fraction of sp³-hybridized carbons (Fsp3) is 0.278. The van der Waals surface area contributed by atoms with Crippen LogP contribution in [0.1, 0.15) is 30.9 Å².